The molecule has 1 N–H and O–H groups in total. The molecule has 1 aliphatic rings. The lowest BCUT2D eigenvalue weighted by atomic mass is 10.1. The molecule has 1 atom stereocenters. The van der Waals surface area contributed by atoms with Gasteiger partial charge in [0, 0.05) is 32.9 Å². The van der Waals surface area contributed by atoms with Crippen molar-refractivity contribution in [2.45, 2.75) is 30.8 Å². The fourth-order valence-corrected chi connectivity index (χ4v) is 4.20. The van der Waals surface area contributed by atoms with E-state index in [4.69, 9.17) is 16.3 Å². The minimum absolute atomic E-state index is 0.0430. The second kappa shape index (κ2) is 6.91. The molecule has 0 spiro atoms. The quantitative estimate of drug-likeness (QED) is 0.892. The molecule has 0 saturated carbocycles. The lowest BCUT2D eigenvalue weighted by molar-refractivity contribution is 0.0265. The highest BCUT2D eigenvalue weighted by molar-refractivity contribution is 7.89. The molecule has 118 valence electrons. The first kappa shape index (κ1) is 16.5. The van der Waals surface area contributed by atoms with Crippen LogP contribution in [0.3, 0.4) is 0 Å². The molecule has 0 bridgehead atoms. The van der Waals surface area contributed by atoms with E-state index in [1.165, 1.54) is 16.6 Å². The van der Waals surface area contributed by atoms with E-state index in [9.17, 15) is 8.42 Å². The third-order valence-corrected chi connectivity index (χ3v) is 5.55. The average Bonchev–Trinajstić information content (AvgIpc) is 2.48. The second-order valence-corrected chi connectivity index (χ2v) is 7.18. The maximum atomic E-state index is 12.6. The number of anilines is 1. The highest BCUT2D eigenvalue weighted by Gasteiger charge is 2.31. The first-order chi connectivity index (χ1) is 9.98. The smallest absolute Gasteiger partial charge is 0.244 e. The number of rotatable bonds is 5. The third kappa shape index (κ3) is 3.66. The summed E-state index contributed by atoms with van der Waals surface area (Å²) in [5, 5.41) is 3.09. The van der Waals surface area contributed by atoms with E-state index in [0.717, 1.165) is 12.8 Å². The molecule has 0 aromatic carbocycles. The normalized spacial score (nSPS) is 20.4. The number of piperidine rings is 1. The Morgan fingerprint density at radius 1 is 1.57 bits per heavy atom. The van der Waals surface area contributed by atoms with E-state index in [-0.39, 0.29) is 16.0 Å². The van der Waals surface area contributed by atoms with Gasteiger partial charge in [0.2, 0.25) is 10.0 Å². The van der Waals surface area contributed by atoms with Crippen LogP contribution in [0, 0.1) is 0 Å². The molecule has 1 saturated heterocycles. The van der Waals surface area contributed by atoms with Gasteiger partial charge in [-0.3, -0.25) is 0 Å². The summed E-state index contributed by atoms with van der Waals surface area (Å²) in [6.45, 7) is 3.37. The van der Waals surface area contributed by atoms with Gasteiger partial charge in [0.05, 0.1) is 11.1 Å². The predicted molar refractivity (Wildman–Crippen MR) is 82.2 cm³/mol. The Morgan fingerprint density at radius 2 is 2.33 bits per heavy atom. The van der Waals surface area contributed by atoms with Gasteiger partial charge in [-0.2, -0.15) is 4.31 Å². The summed E-state index contributed by atoms with van der Waals surface area (Å²) < 4.78 is 32.3. The molecule has 0 amide bonds. The summed E-state index contributed by atoms with van der Waals surface area (Å²) in [6, 6.07) is 1.43. The minimum atomic E-state index is -3.58. The third-order valence-electron chi connectivity index (χ3n) is 3.43. The van der Waals surface area contributed by atoms with E-state index in [1.54, 1.807) is 7.05 Å². The topological polar surface area (TPSA) is 71.5 Å². The molecule has 21 heavy (non-hydrogen) atoms. The SMILES string of the molecule is CCOC1CCCN(S(=O)(=O)c2cnc(NC)c(Cl)c2)C1. The first-order valence-electron chi connectivity index (χ1n) is 6.94. The maximum Gasteiger partial charge on any atom is 0.244 e. The van der Waals surface area contributed by atoms with Crippen molar-refractivity contribution >= 4 is 27.4 Å². The molecule has 2 heterocycles. The largest absolute Gasteiger partial charge is 0.377 e. The number of aromatic nitrogens is 1. The lowest BCUT2D eigenvalue weighted by Gasteiger charge is -2.31. The summed E-state index contributed by atoms with van der Waals surface area (Å²) in [7, 11) is -1.90. The molecule has 1 aliphatic heterocycles. The Morgan fingerprint density at radius 3 is 2.95 bits per heavy atom. The first-order valence-corrected chi connectivity index (χ1v) is 8.76. The van der Waals surface area contributed by atoms with Crippen LogP contribution in [-0.4, -0.2) is 50.6 Å². The molecule has 1 fully saturated rings. The van der Waals surface area contributed by atoms with Crippen molar-refractivity contribution in [1.82, 2.24) is 9.29 Å². The van der Waals surface area contributed by atoms with E-state index in [0.29, 0.717) is 25.5 Å². The van der Waals surface area contributed by atoms with Crippen molar-refractivity contribution in [2.75, 3.05) is 32.1 Å². The Bertz CT molecular complexity index is 592. The fourth-order valence-electron chi connectivity index (χ4n) is 2.39. The van der Waals surface area contributed by atoms with Gasteiger partial charge in [-0.15, -0.1) is 0 Å². The Hall–Kier alpha value is -0.890. The van der Waals surface area contributed by atoms with Gasteiger partial charge in [-0.05, 0) is 25.8 Å². The molecule has 8 heteroatoms. The second-order valence-electron chi connectivity index (χ2n) is 4.83. The van der Waals surface area contributed by atoms with Crippen LogP contribution >= 0.6 is 11.6 Å². The zero-order valence-electron chi connectivity index (χ0n) is 12.2. The summed E-state index contributed by atoms with van der Waals surface area (Å²) in [6.07, 6.45) is 2.97. The van der Waals surface area contributed by atoms with Crippen LogP contribution in [0.4, 0.5) is 5.82 Å². The zero-order valence-corrected chi connectivity index (χ0v) is 13.7. The number of sulfonamides is 1. The van der Waals surface area contributed by atoms with Crippen LogP contribution in [0.5, 0.6) is 0 Å². The van der Waals surface area contributed by atoms with Crippen molar-refractivity contribution in [3.8, 4) is 0 Å². The molecule has 1 aromatic rings. The fraction of sp³-hybridized carbons (Fsp3) is 0.615. The van der Waals surface area contributed by atoms with Crippen molar-refractivity contribution in [3.05, 3.63) is 17.3 Å². The Balaban J connectivity index is 2.23. The average molecular weight is 334 g/mol. The summed E-state index contributed by atoms with van der Waals surface area (Å²) in [5.41, 5.74) is 0. The highest BCUT2D eigenvalue weighted by Crippen LogP contribution is 2.26. The molecule has 6 nitrogen and oxygen atoms in total. The molecule has 1 unspecified atom stereocenters. The van der Waals surface area contributed by atoms with Crippen molar-refractivity contribution in [1.29, 1.82) is 0 Å². The monoisotopic (exact) mass is 333 g/mol. The molecular weight excluding hydrogens is 314 g/mol. The summed E-state index contributed by atoms with van der Waals surface area (Å²) in [4.78, 5) is 4.15. The molecule has 1 aromatic heterocycles. The van der Waals surface area contributed by atoms with E-state index in [1.807, 2.05) is 6.92 Å². The number of halogens is 1. The van der Waals surface area contributed by atoms with Gasteiger partial charge in [-0.25, -0.2) is 13.4 Å². The minimum Gasteiger partial charge on any atom is -0.377 e. The number of hydrogen-bond acceptors (Lipinski definition) is 5. The van der Waals surface area contributed by atoms with Crippen LogP contribution in [0.1, 0.15) is 19.8 Å². The number of hydrogen-bond donors (Lipinski definition) is 1. The summed E-state index contributed by atoms with van der Waals surface area (Å²) in [5.74, 6) is 0.460. The van der Waals surface area contributed by atoms with Crippen molar-refractivity contribution in [2.24, 2.45) is 0 Å². The van der Waals surface area contributed by atoms with Gasteiger partial charge in [0.1, 0.15) is 10.7 Å². The van der Waals surface area contributed by atoms with Gasteiger partial charge in [-0.1, -0.05) is 11.6 Å². The molecular formula is C13H20ClN3O3S. The summed E-state index contributed by atoms with van der Waals surface area (Å²) >= 11 is 6.02. The lowest BCUT2D eigenvalue weighted by Crippen LogP contribution is -2.43. The van der Waals surface area contributed by atoms with Crippen LogP contribution in [0.25, 0.3) is 0 Å². The van der Waals surface area contributed by atoms with E-state index >= 15 is 0 Å². The van der Waals surface area contributed by atoms with E-state index in [2.05, 4.69) is 10.3 Å². The zero-order chi connectivity index (χ0) is 15.5. The molecule has 0 radical (unpaired) electrons. The number of pyridine rings is 1. The number of ether oxygens (including phenoxy) is 1. The van der Waals surface area contributed by atoms with Crippen LogP contribution in [0.2, 0.25) is 5.02 Å². The highest BCUT2D eigenvalue weighted by atomic mass is 35.5. The van der Waals surface area contributed by atoms with Crippen LogP contribution in [0.15, 0.2) is 17.2 Å². The predicted octanol–water partition coefficient (Wildman–Crippen LogP) is 1.97. The number of nitrogens with zero attached hydrogens (tertiary/aromatic N) is 2. The van der Waals surface area contributed by atoms with Gasteiger partial charge in [0.15, 0.2) is 0 Å². The maximum absolute atomic E-state index is 12.6. The van der Waals surface area contributed by atoms with Crippen molar-refractivity contribution < 1.29 is 13.2 Å². The Labute approximate surface area is 130 Å². The van der Waals surface area contributed by atoms with Crippen LogP contribution < -0.4 is 5.32 Å². The number of nitrogens with one attached hydrogen (secondary N) is 1. The van der Waals surface area contributed by atoms with Gasteiger partial charge < -0.3 is 10.1 Å². The molecule has 2 rings (SSSR count). The van der Waals surface area contributed by atoms with Crippen LogP contribution in [-0.2, 0) is 14.8 Å². The van der Waals surface area contributed by atoms with Gasteiger partial charge in [0.25, 0.3) is 0 Å². The van der Waals surface area contributed by atoms with E-state index < -0.39 is 10.0 Å². The molecule has 0 aliphatic carbocycles. The van der Waals surface area contributed by atoms with Gasteiger partial charge >= 0.3 is 0 Å². The van der Waals surface area contributed by atoms with Crippen molar-refractivity contribution in [3.63, 3.8) is 0 Å². The Kier molecular flexibility index (Phi) is 5.43. The standard InChI is InChI=1S/C13H20ClN3O3S/c1-3-20-10-5-4-6-17(9-10)21(18,19)11-7-12(14)13(15-2)16-8-11/h7-8,10H,3-6,9H2,1-2H3,(H,15,16).